The van der Waals surface area contributed by atoms with Gasteiger partial charge in [-0.15, -0.1) is 0 Å². The first-order chi connectivity index (χ1) is 9.15. The molecule has 1 aromatic heterocycles. The van der Waals surface area contributed by atoms with Crippen molar-refractivity contribution in [2.24, 2.45) is 0 Å². The Labute approximate surface area is 122 Å². The van der Waals surface area contributed by atoms with Crippen molar-refractivity contribution in [2.45, 2.75) is 6.92 Å². The topological polar surface area (TPSA) is 63.0 Å². The van der Waals surface area contributed by atoms with Crippen molar-refractivity contribution in [3.8, 4) is 17.3 Å². The zero-order valence-corrected chi connectivity index (χ0v) is 12.4. The van der Waals surface area contributed by atoms with Crippen molar-refractivity contribution < 1.29 is 9.53 Å². The summed E-state index contributed by atoms with van der Waals surface area (Å²) in [5.41, 5.74) is 1.92. The van der Waals surface area contributed by atoms with E-state index in [1.165, 1.54) is 11.3 Å². The number of nitrogens with zero attached hydrogens (tertiary/aromatic N) is 2. The number of carbonyl (C=O) groups excluding carboxylic acids is 1. The minimum atomic E-state index is -0.384. The molecule has 0 aliphatic rings. The number of hydrogen-bond acceptors (Lipinski definition) is 5. The number of aromatic nitrogens is 1. The summed E-state index contributed by atoms with van der Waals surface area (Å²) >= 11 is 4.51. The first-order valence-electron chi connectivity index (χ1n) is 5.49. The van der Waals surface area contributed by atoms with Crippen LogP contribution in [0.15, 0.2) is 28.2 Å². The van der Waals surface area contributed by atoms with Gasteiger partial charge in [0, 0.05) is 5.56 Å². The zero-order valence-electron chi connectivity index (χ0n) is 10.0. The van der Waals surface area contributed by atoms with E-state index in [4.69, 9.17) is 10.00 Å². The van der Waals surface area contributed by atoms with Crippen molar-refractivity contribution >= 4 is 33.2 Å². The summed E-state index contributed by atoms with van der Waals surface area (Å²) in [6, 6.07) is 8.97. The molecule has 19 heavy (non-hydrogen) atoms. The number of halogens is 1. The van der Waals surface area contributed by atoms with E-state index in [0.717, 1.165) is 5.56 Å². The van der Waals surface area contributed by atoms with Crippen LogP contribution in [0.2, 0.25) is 0 Å². The molecule has 2 rings (SSSR count). The van der Waals surface area contributed by atoms with E-state index >= 15 is 0 Å². The molecule has 0 saturated heterocycles. The van der Waals surface area contributed by atoms with Crippen LogP contribution in [-0.4, -0.2) is 17.6 Å². The SMILES string of the molecule is CCOC(=O)c1sc(Br)nc1-c1ccc(C#N)cc1. The molecule has 0 aliphatic heterocycles. The average molecular weight is 337 g/mol. The van der Waals surface area contributed by atoms with Gasteiger partial charge >= 0.3 is 5.97 Å². The Balaban J connectivity index is 2.43. The van der Waals surface area contributed by atoms with Crippen molar-refractivity contribution in [1.29, 1.82) is 5.26 Å². The molecular formula is C13H9BrN2O2S. The normalized spacial score (nSPS) is 9.95. The molecule has 0 N–H and O–H groups in total. The molecule has 0 aliphatic carbocycles. The molecule has 4 nitrogen and oxygen atoms in total. The first kappa shape index (κ1) is 13.7. The van der Waals surface area contributed by atoms with Crippen LogP contribution in [-0.2, 0) is 4.74 Å². The Kier molecular flexibility index (Phi) is 4.30. The Morgan fingerprint density at radius 3 is 2.74 bits per heavy atom. The first-order valence-corrected chi connectivity index (χ1v) is 7.10. The van der Waals surface area contributed by atoms with Gasteiger partial charge in [-0.3, -0.25) is 0 Å². The summed E-state index contributed by atoms with van der Waals surface area (Å²) in [6.07, 6.45) is 0. The van der Waals surface area contributed by atoms with Crippen LogP contribution in [0.4, 0.5) is 0 Å². The largest absolute Gasteiger partial charge is 0.462 e. The zero-order chi connectivity index (χ0) is 13.8. The number of benzene rings is 1. The minimum absolute atomic E-state index is 0.321. The van der Waals surface area contributed by atoms with E-state index in [-0.39, 0.29) is 5.97 Å². The lowest BCUT2D eigenvalue weighted by molar-refractivity contribution is 0.0532. The third-order valence-corrected chi connectivity index (χ3v) is 3.84. The van der Waals surface area contributed by atoms with Crippen LogP contribution in [0.5, 0.6) is 0 Å². The van der Waals surface area contributed by atoms with Crippen LogP contribution < -0.4 is 0 Å². The third kappa shape index (κ3) is 3.00. The number of rotatable bonds is 3. The summed E-state index contributed by atoms with van der Waals surface area (Å²) < 4.78 is 5.63. The highest BCUT2D eigenvalue weighted by atomic mass is 79.9. The van der Waals surface area contributed by atoms with E-state index in [1.54, 1.807) is 31.2 Å². The number of hydrogen-bond donors (Lipinski definition) is 0. The van der Waals surface area contributed by atoms with Gasteiger partial charge in [0.2, 0.25) is 0 Å². The maximum atomic E-state index is 11.9. The van der Waals surface area contributed by atoms with Crippen molar-refractivity contribution in [2.75, 3.05) is 6.61 Å². The second kappa shape index (κ2) is 5.95. The van der Waals surface area contributed by atoms with Crippen molar-refractivity contribution in [3.63, 3.8) is 0 Å². The van der Waals surface area contributed by atoms with Gasteiger partial charge in [0.05, 0.1) is 23.9 Å². The molecule has 2 aromatic rings. The lowest BCUT2D eigenvalue weighted by Crippen LogP contribution is -2.03. The molecule has 6 heteroatoms. The summed E-state index contributed by atoms with van der Waals surface area (Å²) in [7, 11) is 0. The second-order valence-electron chi connectivity index (χ2n) is 3.55. The van der Waals surface area contributed by atoms with Crippen LogP contribution >= 0.6 is 27.3 Å². The summed E-state index contributed by atoms with van der Waals surface area (Å²) in [5.74, 6) is -0.384. The predicted octanol–water partition coefficient (Wildman–Crippen LogP) is 3.62. The summed E-state index contributed by atoms with van der Waals surface area (Å²) in [4.78, 5) is 16.6. The molecular weight excluding hydrogens is 328 g/mol. The highest BCUT2D eigenvalue weighted by Gasteiger charge is 2.19. The molecule has 0 fully saturated rings. The number of thiazole rings is 1. The lowest BCUT2D eigenvalue weighted by atomic mass is 10.1. The van der Waals surface area contributed by atoms with Gasteiger partial charge in [-0.2, -0.15) is 5.26 Å². The molecule has 0 bridgehead atoms. The van der Waals surface area contributed by atoms with E-state index in [2.05, 4.69) is 20.9 Å². The van der Waals surface area contributed by atoms with Crippen LogP contribution in [0.3, 0.4) is 0 Å². The van der Waals surface area contributed by atoms with Gasteiger partial charge in [0.25, 0.3) is 0 Å². The Morgan fingerprint density at radius 2 is 2.16 bits per heavy atom. The molecule has 0 unspecified atom stereocenters. The van der Waals surface area contributed by atoms with Crippen LogP contribution in [0.1, 0.15) is 22.2 Å². The van der Waals surface area contributed by atoms with E-state index < -0.39 is 0 Å². The van der Waals surface area contributed by atoms with Gasteiger partial charge in [-0.05, 0) is 35.0 Å². The minimum Gasteiger partial charge on any atom is -0.462 e. The highest BCUT2D eigenvalue weighted by Crippen LogP contribution is 2.31. The highest BCUT2D eigenvalue weighted by molar-refractivity contribution is 9.11. The Hall–Kier alpha value is -1.71. The smallest absolute Gasteiger partial charge is 0.350 e. The fourth-order valence-electron chi connectivity index (χ4n) is 1.53. The van der Waals surface area contributed by atoms with E-state index in [0.29, 0.717) is 26.7 Å². The van der Waals surface area contributed by atoms with Crippen molar-refractivity contribution in [3.05, 3.63) is 38.6 Å². The molecule has 1 aromatic carbocycles. The predicted molar refractivity (Wildman–Crippen MR) is 75.9 cm³/mol. The molecule has 0 spiro atoms. The lowest BCUT2D eigenvalue weighted by Gasteiger charge is -2.02. The number of nitriles is 1. The number of carbonyl (C=O) groups is 1. The van der Waals surface area contributed by atoms with Gasteiger partial charge in [0.1, 0.15) is 4.88 Å². The van der Waals surface area contributed by atoms with E-state index in [1.807, 2.05) is 6.07 Å². The van der Waals surface area contributed by atoms with Gasteiger partial charge in [-0.25, -0.2) is 9.78 Å². The van der Waals surface area contributed by atoms with Crippen LogP contribution in [0.25, 0.3) is 11.3 Å². The standard InChI is InChI=1S/C13H9BrN2O2S/c1-2-18-12(17)11-10(16-13(14)19-11)9-5-3-8(7-15)4-6-9/h3-6H,2H2,1H3. The van der Waals surface area contributed by atoms with Gasteiger partial charge in [-0.1, -0.05) is 23.5 Å². The van der Waals surface area contributed by atoms with Gasteiger partial charge in [0.15, 0.2) is 3.92 Å². The molecule has 1 heterocycles. The molecule has 0 radical (unpaired) electrons. The molecule has 0 atom stereocenters. The fourth-order valence-corrected chi connectivity index (χ4v) is 2.90. The van der Waals surface area contributed by atoms with Crippen LogP contribution in [0, 0.1) is 11.3 Å². The summed E-state index contributed by atoms with van der Waals surface area (Å²) in [5, 5.41) is 8.77. The average Bonchev–Trinajstić information content (AvgIpc) is 2.81. The molecule has 96 valence electrons. The van der Waals surface area contributed by atoms with Gasteiger partial charge < -0.3 is 4.74 Å². The fraction of sp³-hybridized carbons (Fsp3) is 0.154. The number of esters is 1. The second-order valence-corrected chi connectivity index (χ2v) is 5.83. The Bertz CT molecular complexity index is 644. The summed E-state index contributed by atoms with van der Waals surface area (Å²) in [6.45, 7) is 2.08. The Morgan fingerprint density at radius 1 is 1.47 bits per heavy atom. The van der Waals surface area contributed by atoms with Crippen molar-refractivity contribution in [1.82, 2.24) is 4.98 Å². The maximum absolute atomic E-state index is 11.9. The monoisotopic (exact) mass is 336 g/mol. The molecule has 0 amide bonds. The maximum Gasteiger partial charge on any atom is 0.350 e. The quantitative estimate of drug-likeness (QED) is 0.803. The van der Waals surface area contributed by atoms with E-state index in [9.17, 15) is 4.79 Å². The molecule has 0 saturated carbocycles. The third-order valence-electron chi connectivity index (χ3n) is 2.35. The number of ether oxygens (including phenoxy) is 1.